The number of hydrogen-bond donors (Lipinski definition) is 1. The fourth-order valence-electron chi connectivity index (χ4n) is 3.28. The smallest absolute Gasteiger partial charge is 0.264 e. The number of hydrogen-bond acceptors (Lipinski definition) is 4. The van der Waals surface area contributed by atoms with E-state index in [0.29, 0.717) is 24.1 Å². The minimum Gasteiger partial charge on any atom is -0.354 e. The molecule has 7 nitrogen and oxygen atoms in total. The van der Waals surface area contributed by atoms with E-state index in [-0.39, 0.29) is 35.0 Å². The summed E-state index contributed by atoms with van der Waals surface area (Å²) in [5.74, 6) is -0.877. The molecule has 0 aliphatic carbocycles. The van der Waals surface area contributed by atoms with Gasteiger partial charge in [0.25, 0.3) is 5.56 Å². The van der Waals surface area contributed by atoms with Crippen molar-refractivity contribution in [2.45, 2.75) is 19.5 Å². The van der Waals surface area contributed by atoms with E-state index >= 15 is 0 Å². The van der Waals surface area contributed by atoms with Crippen LogP contribution in [0.3, 0.4) is 0 Å². The van der Waals surface area contributed by atoms with Crippen LogP contribution in [0.4, 0.5) is 4.39 Å². The molecule has 31 heavy (non-hydrogen) atoms. The Bertz CT molecular complexity index is 1270. The number of carbonyl (C=O) groups excluding carboxylic acids is 1. The summed E-state index contributed by atoms with van der Waals surface area (Å²) in [7, 11) is 0. The lowest BCUT2D eigenvalue weighted by atomic mass is 10.1. The van der Waals surface area contributed by atoms with Gasteiger partial charge in [0.1, 0.15) is 17.5 Å². The van der Waals surface area contributed by atoms with Crippen LogP contribution in [-0.2, 0) is 24.3 Å². The van der Waals surface area contributed by atoms with Crippen LogP contribution in [0.15, 0.2) is 65.8 Å². The van der Waals surface area contributed by atoms with Crippen LogP contribution in [0.1, 0.15) is 11.1 Å². The van der Waals surface area contributed by atoms with Crippen LogP contribution in [0, 0.1) is 5.82 Å². The van der Waals surface area contributed by atoms with Gasteiger partial charge in [-0.1, -0.05) is 48.0 Å². The molecule has 0 radical (unpaired) electrons. The first-order chi connectivity index (χ1) is 15.0. The molecule has 2 heterocycles. The lowest BCUT2D eigenvalue weighted by molar-refractivity contribution is -0.120. The molecule has 0 aliphatic heterocycles. The Morgan fingerprint density at radius 3 is 2.71 bits per heavy atom. The molecule has 0 aliphatic rings. The van der Waals surface area contributed by atoms with Gasteiger partial charge in [0.05, 0.1) is 25.7 Å². The van der Waals surface area contributed by atoms with Gasteiger partial charge < -0.3 is 5.32 Å². The van der Waals surface area contributed by atoms with Gasteiger partial charge in [0, 0.05) is 17.1 Å². The van der Waals surface area contributed by atoms with Crippen molar-refractivity contribution in [2.75, 3.05) is 6.54 Å². The quantitative estimate of drug-likeness (QED) is 0.480. The highest BCUT2D eigenvalue weighted by molar-refractivity contribution is 6.31. The number of nitrogens with one attached hydrogen (secondary N) is 1. The monoisotopic (exact) mass is 439 g/mol. The topological polar surface area (TPSA) is 81.8 Å². The third-order valence-electron chi connectivity index (χ3n) is 4.86. The molecule has 0 saturated carbocycles. The largest absolute Gasteiger partial charge is 0.354 e. The Balaban J connectivity index is 1.41. The van der Waals surface area contributed by atoms with Crippen molar-refractivity contribution >= 4 is 28.5 Å². The third-order valence-corrected chi connectivity index (χ3v) is 5.22. The molecular formula is C22H19ClFN5O2. The number of halogens is 2. The molecule has 0 saturated heterocycles. The lowest BCUT2D eigenvalue weighted by Gasteiger charge is -2.09. The van der Waals surface area contributed by atoms with Crippen molar-refractivity contribution in [3.05, 3.63) is 93.4 Å². The van der Waals surface area contributed by atoms with Crippen molar-refractivity contribution in [3.63, 3.8) is 0 Å². The zero-order chi connectivity index (χ0) is 21.8. The van der Waals surface area contributed by atoms with E-state index < -0.39 is 5.82 Å². The van der Waals surface area contributed by atoms with Crippen molar-refractivity contribution in [3.8, 4) is 0 Å². The van der Waals surface area contributed by atoms with E-state index in [1.54, 1.807) is 10.7 Å². The molecule has 0 bridgehead atoms. The highest BCUT2D eigenvalue weighted by Gasteiger charge is 2.13. The Morgan fingerprint density at radius 1 is 1.13 bits per heavy atom. The van der Waals surface area contributed by atoms with Crippen LogP contribution in [0.5, 0.6) is 0 Å². The first-order valence-corrected chi connectivity index (χ1v) is 10.0. The van der Waals surface area contributed by atoms with Crippen molar-refractivity contribution < 1.29 is 9.18 Å². The predicted octanol–water partition coefficient (Wildman–Crippen LogP) is 2.79. The normalized spacial score (nSPS) is 11.0. The van der Waals surface area contributed by atoms with Gasteiger partial charge in [0.2, 0.25) is 5.91 Å². The molecule has 1 amide bonds. The SMILES string of the molecule is O=C(Cc1c(F)cccc1Cl)NCCn1ncc2c(=O)n(Cc3ccccc3)cnc21. The van der Waals surface area contributed by atoms with Gasteiger partial charge in [-0.05, 0) is 17.7 Å². The van der Waals surface area contributed by atoms with Crippen molar-refractivity contribution in [2.24, 2.45) is 0 Å². The summed E-state index contributed by atoms with van der Waals surface area (Å²) in [5, 5.41) is 7.55. The van der Waals surface area contributed by atoms with Crippen LogP contribution >= 0.6 is 11.6 Å². The number of benzene rings is 2. The zero-order valence-corrected chi connectivity index (χ0v) is 17.2. The second-order valence-electron chi connectivity index (χ2n) is 7.00. The van der Waals surface area contributed by atoms with E-state index in [2.05, 4.69) is 15.4 Å². The molecule has 2 aromatic heterocycles. The van der Waals surface area contributed by atoms with Gasteiger partial charge in [0.15, 0.2) is 5.65 Å². The highest BCUT2D eigenvalue weighted by Crippen LogP contribution is 2.19. The van der Waals surface area contributed by atoms with E-state index in [9.17, 15) is 14.0 Å². The summed E-state index contributed by atoms with van der Waals surface area (Å²) >= 11 is 5.96. The predicted molar refractivity (Wildman–Crippen MR) is 115 cm³/mol. The van der Waals surface area contributed by atoms with Gasteiger partial charge in [-0.2, -0.15) is 5.10 Å². The number of nitrogens with zero attached hydrogens (tertiary/aromatic N) is 4. The van der Waals surface area contributed by atoms with Crippen molar-refractivity contribution in [1.82, 2.24) is 24.6 Å². The molecule has 0 unspecified atom stereocenters. The summed E-state index contributed by atoms with van der Waals surface area (Å²) in [6, 6.07) is 13.9. The molecule has 2 aromatic carbocycles. The molecule has 9 heteroatoms. The highest BCUT2D eigenvalue weighted by atomic mass is 35.5. The summed E-state index contributed by atoms with van der Waals surface area (Å²) in [5.41, 5.74) is 1.42. The molecule has 158 valence electrons. The minimum atomic E-state index is -0.517. The standard InChI is InChI=1S/C22H19ClFN5O2/c23-18-7-4-8-19(24)16(18)11-20(30)25-9-10-29-21-17(12-27-29)22(31)28(14-26-21)13-15-5-2-1-3-6-15/h1-8,12,14H,9-11,13H2,(H,25,30). The summed E-state index contributed by atoms with van der Waals surface area (Å²) in [6.07, 6.45) is 2.81. The minimum absolute atomic E-state index is 0.159. The van der Waals surface area contributed by atoms with Crippen LogP contribution in [0.2, 0.25) is 5.02 Å². The number of fused-ring (bicyclic) bond motifs is 1. The molecule has 1 N–H and O–H groups in total. The number of amides is 1. The zero-order valence-electron chi connectivity index (χ0n) is 16.5. The van der Waals surface area contributed by atoms with Crippen LogP contribution in [0.25, 0.3) is 11.0 Å². The van der Waals surface area contributed by atoms with Gasteiger partial charge in [-0.25, -0.2) is 14.1 Å². The van der Waals surface area contributed by atoms with E-state index in [4.69, 9.17) is 11.6 Å². The molecule has 0 atom stereocenters. The Hall–Kier alpha value is -3.52. The maximum atomic E-state index is 13.8. The Kier molecular flexibility index (Phi) is 6.08. The number of carbonyl (C=O) groups is 1. The third kappa shape index (κ3) is 4.64. The molecule has 4 aromatic rings. The van der Waals surface area contributed by atoms with E-state index in [1.807, 2.05) is 30.3 Å². The Morgan fingerprint density at radius 2 is 1.94 bits per heavy atom. The molecule has 0 fully saturated rings. The fraction of sp³-hybridized carbons (Fsp3) is 0.182. The molecular weight excluding hydrogens is 421 g/mol. The number of rotatable bonds is 7. The molecule has 0 spiro atoms. The average Bonchev–Trinajstić information content (AvgIpc) is 3.17. The fourth-order valence-corrected chi connectivity index (χ4v) is 3.51. The maximum absolute atomic E-state index is 13.8. The first-order valence-electron chi connectivity index (χ1n) is 9.67. The second-order valence-corrected chi connectivity index (χ2v) is 7.40. The van der Waals surface area contributed by atoms with E-state index in [1.165, 1.54) is 29.2 Å². The first kappa shape index (κ1) is 20.7. The second kappa shape index (κ2) is 9.09. The van der Waals surface area contributed by atoms with Crippen LogP contribution < -0.4 is 10.9 Å². The Labute approximate surface area is 182 Å². The van der Waals surface area contributed by atoms with Crippen LogP contribution in [-0.4, -0.2) is 31.8 Å². The van der Waals surface area contributed by atoms with Crippen molar-refractivity contribution in [1.29, 1.82) is 0 Å². The summed E-state index contributed by atoms with van der Waals surface area (Å²) in [6.45, 7) is 0.980. The average molecular weight is 440 g/mol. The number of aromatic nitrogens is 4. The van der Waals surface area contributed by atoms with Gasteiger partial charge in [-0.15, -0.1) is 0 Å². The summed E-state index contributed by atoms with van der Waals surface area (Å²) in [4.78, 5) is 29.3. The molecule has 4 rings (SSSR count). The lowest BCUT2D eigenvalue weighted by Crippen LogP contribution is -2.29. The van der Waals surface area contributed by atoms with E-state index in [0.717, 1.165) is 5.56 Å². The van der Waals surface area contributed by atoms with Gasteiger partial charge >= 0.3 is 0 Å². The summed E-state index contributed by atoms with van der Waals surface area (Å²) < 4.78 is 16.9. The van der Waals surface area contributed by atoms with Gasteiger partial charge in [-0.3, -0.25) is 14.2 Å². The maximum Gasteiger partial charge on any atom is 0.264 e.